The maximum absolute atomic E-state index is 14.9. The molecule has 1 saturated heterocycles. The molecule has 182 valence electrons. The van der Waals surface area contributed by atoms with Gasteiger partial charge in [0.2, 0.25) is 0 Å². The molecule has 0 bridgehead atoms. The largest absolute Gasteiger partial charge is 0.480 e. The Kier molecular flexibility index (Phi) is 5.74. The molecular weight excluding hydrogens is 449 g/mol. The van der Waals surface area contributed by atoms with Crippen molar-refractivity contribution in [2.45, 2.75) is 44.3 Å². The molecule has 5 heterocycles. The number of piperidine rings is 1. The molecule has 3 aromatic rings. The zero-order chi connectivity index (χ0) is 23.9. The summed E-state index contributed by atoms with van der Waals surface area (Å²) in [5.41, 5.74) is 2.26. The van der Waals surface area contributed by atoms with Crippen LogP contribution in [-0.2, 0) is 17.9 Å². The normalized spacial score (nSPS) is 20.4. The van der Waals surface area contributed by atoms with Crippen molar-refractivity contribution in [3.05, 3.63) is 63.8 Å². The fourth-order valence-corrected chi connectivity index (χ4v) is 5.60. The van der Waals surface area contributed by atoms with Gasteiger partial charge in [-0.05, 0) is 68.1 Å². The average Bonchev–Trinajstić information content (AvgIpc) is 2.87. The fraction of sp³-hybridized carbons (Fsp3) is 0.423. The van der Waals surface area contributed by atoms with E-state index in [0.29, 0.717) is 36.3 Å². The molecule has 1 atom stereocenters. The Morgan fingerprint density at radius 1 is 1.06 bits per heavy atom. The summed E-state index contributed by atoms with van der Waals surface area (Å²) in [4.78, 5) is 30.8. The highest BCUT2D eigenvalue weighted by atomic mass is 19.1. The molecule has 1 unspecified atom stereocenters. The number of carbonyl (C=O) groups is 1. The number of halogens is 1. The number of rotatable bonds is 5. The Bertz CT molecular complexity index is 1350. The number of hydrogen-bond donors (Lipinski definition) is 2. The Morgan fingerprint density at radius 2 is 1.89 bits per heavy atom. The van der Waals surface area contributed by atoms with Gasteiger partial charge in [0.05, 0.1) is 11.2 Å². The van der Waals surface area contributed by atoms with E-state index in [1.165, 1.54) is 6.07 Å². The molecule has 1 fully saturated rings. The zero-order valence-corrected chi connectivity index (χ0v) is 19.4. The fourth-order valence-electron chi connectivity index (χ4n) is 5.60. The zero-order valence-electron chi connectivity index (χ0n) is 19.4. The van der Waals surface area contributed by atoms with Gasteiger partial charge in [-0.15, -0.1) is 0 Å². The first-order chi connectivity index (χ1) is 17.0. The molecule has 8 nitrogen and oxygen atoms in total. The summed E-state index contributed by atoms with van der Waals surface area (Å²) < 4.78 is 22.0. The number of nitrogens with zero attached hydrogens (tertiary/aromatic N) is 3. The minimum atomic E-state index is -0.211. The average molecular weight is 478 g/mol. The second-order valence-electron chi connectivity index (χ2n) is 9.65. The van der Waals surface area contributed by atoms with Crippen LogP contribution in [0.5, 0.6) is 5.75 Å². The second kappa shape index (κ2) is 9.05. The Hall–Kier alpha value is -3.30. The van der Waals surface area contributed by atoms with Crippen LogP contribution in [0.4, 0.5) is 10.2 Å². The summed E-state index contributed by atoms with van der Waals surface area (Å²) in [5.74, 6) is 0.768. The van der Waals surface area contributed by atoms with Crippen molar-refractivity contribution in [3.8, 4) is 5.75 Å². The highest BCUT2D eigenvalue weighted by molar-refractivity contribution is 5.94. The van der Waals surface area contributed by atoms with Crippen molar-refractivity contribution in [1.82, 2.24) is 19.8 Å². The van der Waals surface area contributed by atoms with E-state index < -0.39 is 0 Å². The molecule has 9 heteroatoms. The number of aromatic nitrogens is 2. The summed E-state index contributed by atoms with van der Waals surface area (Å²) in [6, 6.07) is 10.8. The molecule has 3 aliphatic rings. The van der Waals surface area contributed by atoms with Crippen LogP contribution < -0.4 is 20.9 Å². The first-order valence-corrected chi connectivity index (χ1v) is 12.3. The van der Waals surface area contributed by atoms with Gasteiger partial charge in [-0.25, -0.2) is 9.37 Å². The van der Waals surface area contributed by atoms with Crippen molar-refractivity contribution in [1.29, 1.82) is 0 Å². The standard InChI is InChI=1S/C26H28FN5O3/c27-20-4-1-16-2-6-23(34)32-12-7-17(24(20)25(16)32)14-31-10-8-18(9-11-31)28-13-19-3-5-21-26(29-19)30-22(33)15-35-21/h1-6,17-18,28H,7-15H2,(H,29,30,33). The molecule has 35 heavy (non-hydrogen) atoms. The predicted molar refractivity (Wildman–Crippen MR) is 130 cm³/mol. The van der Waals surface area contributed by atoms with Crippen LogP contribution in [0.15, 0.2) is 41.2 Å². The Balaban J connectivity index is 1.07. The maximum atomic E-state index is 14.9. The van der Waals surface area contributed by atoms with Crippen LogP contribution in [0.3, 0.4) is 0 Å². The summed E-state index contributed by atoms with van der Waals surface area (Å²) >= 11 is 0. The van der Waals surface area contributed by atoms with Gasteiger partial charge in [0.25, 0.3) is 11.5 Å². The lowest BCUT2D eigenvalue weighted by Gasteiger charge is -2.36. The third kappa shape index (κ3) is 4.30. The number of benzene rings is 1. The van der Waals surface area contributed by atoms with E-state index in [2.05, 4.69) is 20.5 Å². The molecule has 1 aromatic carbocycles. The van der Waals surface area contributed by atoms with Gasteiger partial charge >= 0.3 is 0 Å². The van der Waals surface area contributed by atoms with E-state index >= 15 is 0 Å². The van der Waals surface area contributed by atoms with Crippen LogP contribution in [0.2, 0.25) is 0 Å². The van der Waals surface area contributed by atoms with Gasteiger partial charge in [0.15, 0.2) is 18.2 Å². The van der Waals surface area contributed by atoms with Crippen molar-refractivity contribution in [3.63, 3.8) is 0 Å². The van der Waals surface area contributed by atoms with Crippen LogP contribution in [0.25, 0.3) is 10.9 Å². The highest BCUT2D eigenvalue weighted by Crippen LogP contribution is 2.35. The van der Waals surface area contributed by atoms with Gasteiger partial charge in [-0.2, -0.15) is 0 Å². The van der Waals surface area contributed by atoms with Crippen LogP contribution in [-0.4, -0.2) is 52.6 Å². The maximum Gasteiger partial charge on any atom is 0.263 e. The lowest BCUT2D eigenvalue weighted by Crippen LogP contribution is -2.44. The van der Waals surface area contributed by atoms with Gasteiger partial charge in [0.1, 0.15) is 5.82 Å². The predicted octanol–water partition coefficient (Wildman–Crippen LogP) is 2.61. The smallest absolute Gasteiger partial charge is 0.263 e. The van der Waals surface area contributed by atoms with Crippen LogP contribution >= 0.6 is 0 Å². The number of nitrogens with one attached hydrogen (secondary N) is 2. The minimum absolute atomic E-state index is 0.0263. The molecule has 0 aliphatic carbocycles. The quantitative estimate of drug-likeness (QED) is 0.588. The van der Waals surface area contributed by atoms with Crippen molar-refractivity contribution in [2.75, 3.05) is 31.6 Å². The van der Waals surface area contributed by atoms with Gasteiger partial charge in [0, 0.05) is 43.2 Å². The number of anilines is 1. The molecule has 3 aliphatic heterocycles. The van der Waals surface area contributed by atoms with E-state index in [9.17, 15) is 14.0 Å². The van der Waals surface area contributed by atoms with Crippen molar-refractivity contribution >= 4 is 22.6 Å². The summed E-state index contributed by atoms with van der Waals surface area (Å²) in [6.45, 7) is 3.96. The minimum Gasteiger partial charge on any atom is -0.480 e. The number of ether oxygens (including phenoxy) is 1. The topological polar surface area (TPSA) is 88.5 Å². The number of likely N-dealkylation sites (tertiary alicyclic amines) is 1. The number of aryl methyl sites for hydroxylation is 1. The third-order valence-electron chi connectivity index (χ3n) is 7.42. The number of fused-ring (bicyclic) bond motifs is 1. The van der Waals surface area contributed by atoms with Gasteiger partial charge in [-0.3, -0.25) is 9.59 Å². The van der Waals surface area contributed by atoms with Gasteiger partial charge in [-0.1, -0.05) is 0 Å². The highest BCUT2D eigenvalue weighted by Gasteiger charge is 2.29. The van der Waals surface area contributed by atoms with E-state index in [0.717, 1.165) is 55.5 Å². The molecule has 2 N–H and O–H groups in total. The summed E-state index contributed by atoms with van der Waals surface area (Å²) in [6.07, 6.45) is 2.77. The lowest BCUT2D eigenvalue weighted by atomic mass is 9.88. The van der Waals surface area contributed by atoms with E-state index in [1.807, 2.05) is 12.1 Å². The lowest BCUT2D eigenvalue weighted by molar-refractivity contribution is -0.118. The molecule has 6 rings (SSSR count). The van der Waals surface area contributed by atoms with Crippen LogP contribution in [0, 0.1) is 5.82 Å². The number of carbonyl (C=O) groups excluding carboxylic acids is 1. The molecular formula is C26H28FN5O3. The summed E-state index contributed by atoms with van der Waals surface area (Å²) in [7, 11) is 0. The molecule has 0 saturated carbocycles. The molecule has 1 amide bonds. The SMILES string of the molecule is O=C1COc2ccc(CNC3CCN(CC4CCn5c(=O)ccc6ccc(F)c4c65)CC3)nc2N1. The Morgan fingerprint density at radius 3 is 2.74 bits per heavy atom. The molecule has 2 aromatic heterocycles. The van der Waals surface area contributed by atoms with Crippen molar-refractivity contribution in [2.24, 2.45) is 0 Å². The Labute approximate surface area is 202 Å². The van der Waals surface area contributed by atoms with Gasteiger partial charge < -0.3 is 24.8 Å². The number of amides is 1. The van der Waals surface area contributed by atoms with E-state index in [4.69, 9.17) is 4.74 Å². The third-order valence-corrected chi connectivity index (χ3v) is 7.42. The monoisotopic (exact) mass is 477 g/mol. The van der Waals surface area contributed by atoms with E-state index in [-0.39, 0.29) is 29.8 Å². The molecule has 0 spiro atoms. The number of pyridine rings is 2. The van der Waals surface area contributed by atoms with Crippen molar-refractivity contribution < 1.29 is 13.9 Å². The first-order valence-electron chi connectivity index (χ1n) is 12.3. The first kappa shape index (κ1) is 22.2. The molecule has 0 radical (unpaired) electrons. The second-order valence-corrected chi connectivity index (χ2v) is 9.65. The van der Waals surface area contributed by atoms with Crippen LogP contribution in [0.1, 0.15) is 36.4 Å². The van der Waals surface area contributed by atoms with E-state index in [1.54, 1.807) is 22.8 Å². The summed E-state index contributed by atoms with van der Waals surface area (Å²) in [5, 5.41) is 7.26. The number of hydrogen-bond acceptors (Lipinski definition) is 6.